The van der Waals surface area contributed by atoms with E-state index in [1.807, 2.05) is 0 Å². The van der Waals surface area contributed by atoms with E-state index >= 15 is 0 Å². The Labute approximate surface area is 537 Å². The predicted molar refractivity (Wildman–Crippen MR) is 354 cm³/mol. The summed E-state index contributed by atoms with van der Waals surface area (Å²) < 4.78 is 68.1. The second-order valence-electron chi connectivity index (χ2n) is 25.9. The average molecular weight is 1300 g/mol. The minimum Gasteiger partial charge on any atom is -0.462 e. The second kappa shape index (κ2) is 61.3. The molecule has 0 aromatic heterocycles. The predicted octanol–water partition coefficient (Wildman–Crippen LogP) is 19.6. The molecule has 17 nitrogen and oxygen atoms in total. The third kappa shape index (κ3) is 62.8. The van der Waals surface area contributed by atoms with Crippen LogP contribution >= 0.6 is 15.6 Å². The molecule has 19 heteroatoms. The molecule has 88 heavy (non-hydrogen) atoms. The number of ether oxygens (including phenoxy) is 4. The largest absolute Gasteiger partial charge is 0.472 e. The topological polar surface area (TPSA) is 237 Å². The molecule has 0 aliphatic carbocycles. The highest BCUT2D eigenvalue weighted by Crippen LogP contribution is 2.45. The lowest BCUT2D eigenvalue weighted by molar-refractivity contribution is -0.161. The van der Waals surface area contributed by atoms with Gasteiger partial charge < -0.3 is 33.8 Å². The summed E-state index contributed by atoms with van der Waals surface area (Å²) in [5, 5.41) is 10.6. The van der Waals surface area contributed by atoms with Crippen molar-refractivity contribution >= 4 is 39.5 Å². The van der Waals surface area contributed by atoms with E-state index in [1.165, 1.54) is 161 Å². The lowest BCUT2D eigenvalue weighted by Gasteiger charge is -2.21. The lowest BCUT2D eigenvalue weighted by Crippen LogP contribution is -2.30. The van der Waals surface area contributed by atoms with E-state index < -0.39 is 97.5 Å². The van der Waals surface area contributed by atoms with E-state index in [0.717, 1.165) is 108 Å². The van der Waals surface area contributed by atoms with Crippen molar-refractivity contribution in [3.63, 3.8) is 0 Å². The van der Waals surface area contributed by atoms with E-state index in [4.69, 9.17) is 37.0 Å². The van der Waals surface area contributed by atoms with Gasteiger partial charge in [0.2, 0.25) is 0 Å². The second-order valence-corrected chi connectivity index (χ2v) is 28.8. The third-order valence-electron chi connectivity index (χ3n) is 16.0. The number of carbonyl (C=O) groups excluding carboxylic acids is 4. The molecule has 0 aromatic carbocycles. The molecule has 0 radical (unpaired) electrons. The van der Waals surface area contributed by atoms with E-state index in [0.29, 0.717) is 25.7 Å². The molecule has 2 unspecified atom stereocenters. The molecule has 0 aromatic rings. The van der Waals surface area contributed by atoms with Crippen molar-refractivity contribution in [3.8, 4) is 0 Å². The van der Waals surface area contributed by atoms with Gasteiger partial charge >= 0.3 is 39.5 Å². The Bertz CT molecular complexity index is 1720. The highest BCUT2D eigenvalue weighted by Gasteiger charge is 2.30. The minimum absolute atomic E-state index is 0.105. The van der Waals surface area contributed by atoms with Crippen molar-refractivity contribution in [2.75, 3.05) is 39.6 Å². The number of hydrogen-bond donors (Lipinski definition) is 3. The summed E-state index contributed by atoms with van der Waals surface area (Å²) in [6.45, 7) is 9.46. The van der Waals surface area contributed by atoms with Gasteiger partial charge in [0.1, 0.15) is 19.3 Å². The molecule has 5 atom stereocenters. The molecule has 522 valence electrons. The van der Waals surface area contributed by atoms with E-state index in [-0.39, 0.29) is 25.7 Å². The van der Waals surface area contributed by atoms with Gasteiger partial charge in [0.15, 0.2) is 12.2 Å². The molecule has 0 spiro atoms. The molecule has 3 N–H and O–H groups in total. The number of aliphatic hydroxyl groups is 1. The fraction of sp³-hybridized carbons (Fsp3) is 0.942. The summed E-state index contributed by atoms with van der Waals surface area (Å²) in [6, 6.07) is 0. The molecular formula is C69H134O17P2. The number of phosphoric ester groups is 2. The molecule has 0 bridgehead atoms. The summed E-state index contributed by atoms with van der Waals surface area (Å²) in [6.07, 6.45) is 46.1. The summed E-state index contributed by atoms with van der Waals surface area (Å²) in [5.41, 5.74) is 0. The zero-order chi connectivity index (χ0) is 65.0. The number of phosphoric acid groups is 2. The highest BCUT2D eigenvalue weighted by atomic mass is 31.2. The van der Waals surface area contributed by atoms with Gasteiger partial charge in [0.25, 0.3) is 0 Å². The number of rotatable bonds is 68. The monoisotopic (exact) mass is 1300 g/mol. The van der Waals surface area contributed by atoms with Crippen molar-refractivity contribution < 1.29 is 80.2 Å². The Kier molecular flexibility index (Phi) is 59.9. The standard InChI is InChI=1S/C69H134O17P2/c1-7-9-11-13-14-15-16-17-18-19-23-29-34-40-46-52-67(72)80-58-65(86-69(74)53-47-41-35-30-24-21-20-22-27-32-38-43-49-61(3)4)60-84-88(77,78)82-56-63(70)55-81-87(75,76)83-59-64(57-79-66(71)51-45-37-12-10-8-2)85-68(73)54-48-42-36-31-26-25-28-33-39-44-50-62(5)6/h61-65,70H,7-60H2,1-6H3,(H,75,76)(H,77,78)/t63-,64+,65+/m0/s1. The maximum absolute atomic E-state index is 13.0. The van der Waals surface area contributed by atoms with Crippen LogP contribution < -0.4 is 0 Å². The van der Waals surface area contributed by atoms with Crippen LogP contribution in [0.3, 0.4) is 0 Å². The van der Waals surface area contributed by atoms with Gasteiger partial charge in [-0.2, -0.15) is 0 Å². The average Bonchev–Trinajstić information content (AvgIpc) is 3.56. The Hall–Kier alpha value is -1.94. The van der Waals surface area contributed by atoms with E-state index in [9.17, 15) is 43.2 Å². The molecule has 0 heterocycles. The summed E-state index contributed by atoms with van der Waals surface area (Å²) >= 11 is 0. The molecule has 0 fully saturated rings. The van der Waals surface area contributed by atoms with Crippen LogP contribution in [0.15, 0.2) is 0 Å². The number of hydrogen-bond acceptors (Lipinski definition) is 15. The Morgan fingerprint density at radius 2 is 0.523 bits per heavy atom. The maximum Gasteiger partial charge on any atom is 0.472 e. The first-order valence-corrected chi connectivity index (χ1v) is 39.0. The van der Waals surface area contributed by atoms with Gasteiger partial charge in [-0.1, -0.05) is 298 Å². The fourth-order valence-corrected chi connectivity index (χ4v) is 12.0. The smallest absolute Gasteiger partial charge is 0.462 e. The van der Waals surface area contributed by atoms with Gasteiger partial charge in [-0.3, -0.25) is 37.3 Å². The number of unbranched alkanes of at least 4 members (excludes halogenated alkanes) is 38. The molecule has 0 aliphatic heterocycles. The fourth-order valence-electron chi connectivity index (χ4n) is 10.4. The van der Waals surface area contributed by atoms with Crippen LogP contribution in [-0.4, -0.2) is 96.7 Å². The van der Waals surface area contributed by atoms with Crippen LogP contribution in [0.5, 0.6) is 0 Å². The van der Waals surface area contributed by atoms with Crippen LogP contribution in [0.2, 0.25) is 0 Å². The first-order valence-electron chi connectivity index (χ1n) is 36.0. The first-order chi connectivity index (χ1) is 42.4. The van der Waals surface area contributed by atoms with Crippen LogP contribution in [0.4, 0.5) is 0 Å². The summed E-state index contributed by atoms with van der Waals surface area (Å²) in [7, 11) is -9.89. The van der Waals surface area contributed by atoms with Crippen molar-refractivity contribution in [2.45, 2.75) is 368 Å². The van der Waals surface area contributed by atoms with Gasteiger partial charge in [-0.05, 0) is 37.5 Å². The van der Waals surface area contributed by atoms with Crippen molar-refractivity contribution in [2.24, 2.45) is 11.8 Å². The van der Waals surface area contributed by atoms with Crippen molar-refractivity contribution in [1.82, 2.24) is 0 Å². The van der Waals surface area contributed by atoms with Crippen LogP contribution in [0.25, 0.3) is 0 Å². The number of aliphatic hydroxyl groups excluding tert-OH is 1. The number of esters is 4. The van der Waals surface area contributed by atoms with Gasteiger partial charge in [-0.25, -0.2) is 9.13 Å². The minimum atomic E-state index is -4.95. The first kappa shape index (κ1) is 86.1. The van der Waals surface area contributed by atoms with Crippen LogP contribution in [0, 0.1) is 11.8 Å². The number of carbonyl (C=O) groups is 4. The van der Waals surface area contributed by atoms with Crippen molar-refractivity contribution in [3.05, 3.63) is 0 Å². The highest BCUT2D eigenvalue weighted by molar-refractivity contribution is 7.47. The molecule has 0 aliphatic rings. The van der Waals surface area contributed by atoms with Gasteiger partial charge in [0, 0.05) is 25.7 Å². The zero-order valence-electron chi connectivity index (χ0n) is 57.0. The molecular weight excluding hydrogens is 1160 g/mol. The quantitative estimate of drug-likeness (QED) is 0.0222. The summed E-state index contributed by atoms with van der Waals surface area (Å²) in [4.78, 5) is 72.2. The van der Waals surface area contributed by atoms with Crippen LogP contribution in [-0.2, 0) is 65.4 Å². The van der Waals surface area contributed by atoms with Crippen LogP contribution in [0.1, 0.15) is 350 Å². The molecule has 0 saturated heterocycles. The molecule has 0 rings (SSSR count). The van der Waals surface area contributed by atoms with Gasteiger partial charge in [0.05, 0.1) is 26.4 Å². The summed E-state index contributed by atoms with van der Waals surface area (Å²) in [5.74, 6) is -0.606. The maximum atomic E-state index is 13.0. The van der Waals surface area contributed by atoms with Crippen molar-refractivity contribution in [1.29, 1.82) is 0 Å². The Morgan fingerprint density at radius 1 is 0.307 bits per heavy atom. The van der Waals surface area contributed by atoms with E-state index in [2.05, 4.69) is 41.5 Å². The Morgan fingerprint density at radius 3 is 0.773 bits per heavy atom. The SMILES string of the molecule is CCCCCCCCCCCCCCCCCC(=O)OC[C@H](COP(=O)(O)OC[C@@H](O)COP(=O)(O)OC[C@@H](COC(=O)CCCCCCC)OC(=O)CCCCCCCCCCCCC(C)C)OC(=O)CCCCCCCCCCCCCCC(C)C. The third-order valence-corrected chi connectivity index (χ3v) is 17.9. The lowest BCUT2D eigenvalue weighted by atomic mass is 10.0. The van der Waals surface area contributed by atoms with Gasteiger partial charge in [-0.15, -0.1) is 0 Å². The molecule has 0 amide bonds. The zero-order valence-corrected chi connectivity index (χ0v) is 58.8. The molecule has 0 saturated carbocycles. The Balaban J connectivity index is 5.17. The normalized spacial score (nSPS) is 14.2. The van der Waals surface area contributed by atoms with E-state index in [1.54, 1.807) is 0 Å².